The second-order valence-electron chi connectivity index (χ2n) is 3.79. The smallest absolute Gasteiger partial charge is 0.254 e. The van der Waals surface area contributed by atoms with E-state index in [-0.39, 0.29) is 17.2 Å². The van der Waals surface area contributed by atoms with Crippen molar-refractivity contribution in [3.63, 3.8) is 0 Å². The number of benzene rings is 1. The van der Waals surface area contributed by atoms with Crippen LogP contribution >= 0.6 is 11.6 Å². The number of hydrogen-bond donors (Lipinski definition) is 3. The normalized spacial score (nSPS) is 11.7. The molecule has 0 aromatic heterocycles. The number of nitrogens with one attached hydrogen (secondary N) is 2. The van der Waals surface area contributed by atoms with Gasteiger partial charge in [0.1, 0.15) is 6.04 Å². The summed E-state index contributed by atoms with van der Waals surface area (Å²) in [7, 11) is 0. The molecule has 1 aromatic carbocycles. The first-order chi connectivity index (χ1) is 8.47. The van der Waals surface area contributed by atoms with Gasteiger partial charge in [-0.1, -0.05) is 17.7 Å². The van der Waals surface area contributed by atoms with Crippen LogP contribution in [0.25, 0.3) is 0 Å². The molecule has 6 heteroatoms. The first-order valence-corrected chi connectivity index (χ1v) is 5.97. The van der Waals surface area contributed by atoms with Crippen LogP contribution in [-0.2, 0) is 4.79 Å². The van der Waals surface area contributed by atoms with Crippen molar-refractivity contribution in [2.45, 2.75) is 19.9 Å². The highest BCUT2D eigenvalue weighted by molar-refractivity contribution is 6.34. The van der Waals surface area contributed by atoms with Gasteiger partial charge in [-0.05, 0) is 26.0 Å². The molecule has 0 radical (unpaired) electrons. The Morgan fingerprint density at radius 1 is 1.44 bits per heavy atom. The maximum Gasteiger partial charge on any atom is 0.254 e. The summed E-state index contributed by atoms with van der Waals surface area (Å²) >= 11 is 5.82. The highest BCUT2D eigenvalue weighted by atomic mass is 35.5. The van der Waals surface area contributed by atoms with Crippen molar-refractivity contribution in [1.29, 1.82) is 0 Å². The summed E-state index contributed by atoms with van der Waals surface area (Å²) in [5.41, 5.74) is 6.17. The Labute approximate surface area is 111 Å². The summed E-state index contributed by atoms with van der Waals surface area (Å²) in [6, 6.07) is 4.16. The number of nitrogen functional groups attached to an aromatic ring is 1. The average Bonchev–Trinajstić information content (AvgIpc) is 2.32. The number of likely N-dealkylation sites (N-methyl/N-ethyl adjacent to an activating group) is 1. The summed E-state index contributed by atoms with van der Waals surface area (Å²) in [6.45, 7) is 3.92. The predicted octanol–water partition coefficient (Wildman–Crippen LogP) is 1.18. The third kappa shape index (κ3) is 3.37. The molecule has 0 bridgehead atoms. The molecule has 0 spiro atoms. The number of halogens is 1. The van der Waals surface area contributed by atoms with Crippen molar-refractivity contribution < 1.29 is 9.59 Å². The zero-order valence-electron chi connectivity index (χ0n) is 10.3. The Morgan fingerprint density at radius 2 is 2.11 bits per heavy atom. The Morgan fingerprint density at radius 3 is 2.72 bits per heavy atom. The number of carbonyl (C=O) groups is 2. The maximum atomic E-state index is 11.9. The lowest BCUT2D eigenvalue weighted by atomic mass is 10.1. The van der Waals surface area contributed by atoms with Gasteiger partial charge in [-0.25, -0.2) is 0 Å². The molecular weight excluding hydrogens is 254 g/mol. The van der Waals surface area contributed by atoms with E-state index in [0.29, 0.717) is 11.6 Å². The Hall–Kier alpha value is -1.75. The molecule has 1 unspecified atom stereocenters. The van der Waals surface area contributed by atoms with E-state index in [1.807, 2.05) is 0 Å². The summed E-state index contributed by atoms with van der Waals surface area (Å²) < 4.78 is 0. The van der Waals surface area contributed by atoms with Crippen LogP contribution in [0.15, 0.2) is 18.2 Å². The molecule has 0 aliphatic carbocycles. The minimum atomic E-state index is -0.629. The molecule has 0 aliphatic rings. The molecule has 1 aromatic rings. The lowest BCUT2D eigenvalue weighted by Gasteiger charge is -2.14. The van der Waals surface area contributed by atoms with Crippen LogP contribution in [0.2, 0.25) is 5.02 Å². The van der Waals surface area contributed by atoms with Gasteiger partial charge in [0.2, 0.25) is 5.91 Å². The van der Waals surface area contributed by atoms with Crippen molar-refractivity contribution in [2.75, 3.05) is 12.3 Å². The van der Waals surface area contributed by atoms with Crippen LogP contribution in [0.4, 0.5) is 5.69 Å². The fourth-order valence-corrected chi connectivity index (χ4v) is 1.58. The number of carbonyl (C=O) groups excluding carboxylic acids is 2. The molecule has 0 saturated carbocycles. The van der Waals surface area contributed by atoms with E-state index in [9.17, 15) is 9.59 Å². The molecule has 5 nitrogen and oxygen atoms in total. The molecule has 98 valence electrons. The van der Waals surface area contributed by atoms with Gasteiger partial charge in [0.25, 0.3) is 5.91 Å². The fraction of sp³-hybridized carbons (Fsp3) is 0.333. The summed E-state index contributed by atoms with van der Waals surface area (Å²) in [4.78, 5) is 23.4. The number of anilines is 1. The van der Waals surface area contributed by atoms with E-state index < -0.39 is 11.9 Å². The average molecular weight is 270 g/mol. The molecule has 2 amide bonds. The molecule has 18 heavy (non-hydrogen) atoms. The SMILES string of the molecule is CCNC(=O)C(C)NC(=O)c1cccc(Cl)c1N. The molecule has 1 atom stereocenters. The van der Waals surface area contributed by atoms with Gasteiger partial charge < -0.3 is 16.4 Å². The van der Waals surface area contributed by atoms with Crippen molar-refractivity contribution >= 4 is 29.1 Å². The first kappa shape index (κ1) is 14.3. The number of para-hydroxylation sites is 1. The number of hydrogen-bond acceptors (Lipinski definition) is 3. The quantitative estimate of drug-likeness (QED) is 0.718. The van der Waals surface area contributed by atoms with E-state index in [1.165, 1.54) is 0 Å². The van der Waals surface area contributed by atoms with E-state index in [1.54, 1.807) is 32.0 Å². The van der Waals surface area contributed by atoms with Crippen LogP contribution in [-0.4, -0.2) is 24.4 Å². The Kier molecular flexibility index (Phi) is 4.97. The molecule has 0 fully saturated rings. The fourth-order valence-electron chi connectivity index (χ4n) is 1.40. The minimum absolute atomic E-state index is 0.208. The summed E-state index contributed by atoms with van der Waals surface area (Å²) in [5, 5.41) is 5.49. The Balaban J connectivity index is 2.77. The minimum Gasteiger partial charge on any atom is -0.397 e. The van der Waals surface area contributed by atoms with Crippen molar-refractivity contribution in [2.24, 2.45) is 0 Å². The standard InChI is InChI=1S/C12H16ClN3O2/c1-3-15-11(17)7(2)16-12(18)8-5-4-6-9(13)10(8)14/h4-7H,3,14H2,1-2H3,(H,15,17)(H,16,18). The molecule has 0 saturated heterocycles. The molecule has 4 N–H and O–H groups in total. The topological polar surface area (TPSA) is 84.2 Å². The van der Waals surface area contributed by atoms with Crippen LogP contribution in [0.5, 0.6) is 0 Å². The van der Waals surface area contributed by atoms with Gasteiger partial charge in [-0.2, -0.15) is 0 Å². The third-order valence-corrected chi connectivity index (χ3v) is 2.72. The van der Waals surface area contributed by atoms with E-state index in [0.717, 1.165) is 0 Å². The van der Waals surface area contributed by atoms with Crippen molar-refractivity contribution in [1.82, 2.24) is 10.6 Å². The van der Waals surface area contributed by atoms with E-state index in [2.05, 4.69) is 10.6 Å². The van der Waals surface area contributed by atoms with Gasteiger partial charge in [-0.3, -0.25) is 9.59 Å². The maximum absolute atomic E-state index is 11.9. The van der Waals surface area contributed by atoms with Crippen LogP contribution in [0, 0.1) is 0 Å². The predicted molar refractivity (Wildman–Crippen MR) is 71.5 cm³/mol. The summed E-state index contributed by atoms with van der Waals surface area (Å²) in [5.74, 6) is -0.666. The Bertz CT molecular complexity index is 463. The lowest BCUT2D eigenvalue weighted by Crippen LogP contribution is -2.44. The van der Waals surface area contributed by atoms with Gasteiger partial charge in [0, 0.05) is 6.54 Å². The highest BCUT2D eigenvalue weighted by Crippen LogP contribution is 2.22. The lowest BCUT2D eigenvalue weighted by molar-refractivity contribution is -0.122. The second-order valence-corrected chi connectivity index (χ2v) is 4.20. The van der Waals surface area contributed by atoms with Crippen molar-refractivity contribution in [3.05, 3.63) is 28.8 Å². The zero-order chi connectivity index (χ0) is 13.7. The van der Waals surface area contributed by atoms with Crippen LogP contribution in [0.3, 0.4) is 0 Å². The van der Waals surface area contributed by atoms with E-state index >= 15 is 0 Å². The molecular formula is C12H16ClN3O2. The molecule has 0 heterocycles. The largest absolute Gasteiger partial charge is 0.397 e. The zero-order valence-corrected chi connectivity index (χ0v) is 11.0. The van der Waals surface area contributed by atoms with Crippen LogP contribution < -0.4 is 16.4 Å². The monoisotopic (exact) mass is 269 g/mol. The first-order valence-electron chi connectivity index (χ1n) is 5.60. The summed E-state index contributed by atoms with van der Waals surface area (Å²) in [6.07, 6.45) is 0. The van der Waals surface area contributed by atoms with E-state index in [4.69, 9.17) is 17.3 Å². The van der Waals surface area contributed by atoms with Gasteiger partial charge >= 0.3 is 0 Å². The van der Waals surface area contributed by atoms with Gasteiger partial charge in [0.15, 0.2) is 0 Å². The van der Waals surface area contributed by atoms with Crippen molar-refractivity contribution in [3.8, 4) is 0 Å². The molecule has 0 aliphatic heterocycles. The highest BCUT2D eigenvalue weighted by Gasteiger charge is 2.18. The second kappa shape index (κ2) is 6.26. The number of amides is 2. The van der Waals surface area contributed by atoms with Crippen LogP contribution in [0.1, 0.15) is 24.2 Å². The van der Waals surface area contributed by atoms with Gasteiger partial charge in [0.05, 0.1) is 16.3 Å². The number of nitrogens with two attached hydrogens (primary N) is 1. The third-order valence-electron chi connectivity index (χ3n) is 2.39. The molecule has 1 rings (SSSR count). The van der Waals surface area contributed by atoms with Gasteiger partial charge in [-0.15, -0.1) is 0 Å². The number of rotatable bonds is 4.